The maximum absolute atomic E-state index is 12.8. The van der Waals surface area contributed by atoms with E-state index in [0.29, 0.717) is 19.3 Å². The molecule has 0 amide bonds. The van der Waals surface area contributed by atoms with Crippen LogP contribution in [0.25, 0.3) is 0 Å². The van der Waals surface area contributed by atoms with E-state index in [1.807, 2.05) is 0 Å². The molecule has 1 aliphatic rings. The summed E-state index contributed by atoms with van der Waals surface area (Å²) < 4.78 is 22.8. The molecule has 0 aromatic heterocycles. The molecule has 0 saturated carbocycles. The Morgan fingerprint density at radius 1 is 1.50 bits per heavy atom. The smallest absolute Gasteiger partial charge is 0.347 e. The van der Waals surface area contributed by atoms with Crippen molar-refractivity contribution in [3.8, 4) is 5.75 Å². The maximum Gasteiger partial charge on any atom is 0.347 e. The Balaban J connectivity index is 2.20. The summed E-state index contributed by atoms with van der Waals surface area (Å²) in [5.41, 5.74) is 0.0831. The van der Waals surface area contributed by atoms with Gasteiger partial charge in [0.15, 0.2) is 12.4 Å². The third-order valence-corrected chi connectivity index (χ3v) is 2.26. The lowest BCUT2D eigenvalue weighted by molar-refractivity contribution is -0.143. The number of aldehydes is 1. The zero-order valence-electron chi connectivity index (χ0n) is 8.31. The van der Waals surface area contributed by atoms with Gasteiger partial charge in [-0.25, -0.2) is 9.18 Å². The fourth-order valence-electron chi connectivity index (χ4n) is 1.46. The van der Waals surface area contributed by atoms with Crippen molar-refractivity contribution in [2.45, 2.75) is 12.5 Å². The second-order valence-electron chi connectivity index (χ2n) is 3.36. The summed E-state index contributed by atoms with van der Waals surface area (Å²) in [6.07, 6.45) is 0.219. The predicted octanol–water partition coefficient (Wildman–Crippen LogP) is 1.33. The average molecular weight is 224 g/mol. The van der Waals surface area contributed by atoms with Gasteiger partial charge in [-0.3, -0.25) is 4.79 Å². The minimum atomic E-state index is -0.704. The zero-order valence-corrected chi connectivity index (χ0v) is 8.31. The van der Waals surface area contributed by atoms with E-state index < -0.39 is 17.9 Å². The lowest BCUT2D eigenvalue weighted by Gasteiger charge is -2.11. The fourth-order valence-corrected chi connectivity index (χ4v) is 1.46. The van der Waals surface area contributed by atoms with Crippen molar-refractivity contribution in [1.82, 2.24) is 0 Å². The molecule has 0 aliphatic carbocycles. The summed E-state index contributed by atoms with van der Waals surface area (Å²) in [6.45, 7) is 0.307. The molecule has 1 atom stereocenters. The van der Waals surface area contributed by atoms with E-state index in [0.717, 1.165) is 6.07 Å². The minimum Gasteiger partial charge on any atom is -0.478 e. The summed E-state index contributed by atoms with van der Waals surface area (Å²) in [6, 6.07) is 3.55. The summed E-state index contributed by atoms with van der Waals surface area (Å²) in [5.74, 6) is -0.787. The number of hydrogen-bond acceptors (Lipinski definition) is 4. The van der Waals surface area contributed by atoms with Gasteiger partial charge in [-0.05, 0) is 18.2 Å². The number of carbonyl (C=O) groups is 2. The zero-order chi connectivity index (χ0) is 11.5. The van der Waals surface area contributed by atoms with E-state index in [1.165, 1.54) is 12.1 Å². The average Bonchev–Trinajstić information content (AvgIpc) is 2.67. The van der Waals surface area contributed by atoms with Crippen LogP contribution in [-0.2, 0) is 9.53 Å². The molecule has 4 nitrogen and oxygen atoms in total. The molecular formula is C11H9FO4. The topological polar surface area (TPSA) is 52.6 Å². The summed E-state index contributed by atoms with van der Waals surface area (Å²) in [4.78, 5) is 21.8. The van der Waals surface area contributed by atoms with Gasteiger partial charge in [0, 0.05) is 6.42 Å². The monoisotopic (exact) mass is 224 g/mol. The number of cyclic esters (lactones) is 1. The van der Waals surface area contributed by atoms with Crippen molar-refractivity contribution in [2.24, 2.45) is 0 Å². The largest absolute Gasteiger partial charge is 0.478 e. The minimum absolute atomic E-state index is 0.0831. The second kappa shape index (κ2) is 4.30. The second-order valence-corrected chi connectivity index (χ2v) is 3.36. The number of rotatable bonds is 3. The molecule has 2 rings (SSSR count). The van der Waals surface area contributed by atoms with Crippen molar-refractivity contribution < 1.29 is 23.5 Å². The van der Waals surface area contributed by atoms with Crippen LogP contribution in [0.2, 0.25) is 0 Å². The van der Waals surface area contributed by atoms with E-state index in [9.17, 15) is 14.0 Å². The Kier molecular flexibility index (Phi) is 2.85. The van der Waals surface area contributed by atoms with Crippen molar-refractivity contribution >= 4 is 12.3 Å². The van der Waals surface area contributed by atoms with Gasteiger partial charge in [-0.15, -0.1) is 0 Å². The normalized spacial score (nSPS) is 19.3. The lowest BCUT2D eigenvalue weighted by atomic mass is 10.2. The molecule has 5 heteroatoms. The van der Waals surface area contributed by atoms with Crippen LogP contribution in [-0.4, -0.2) is 25.0 Å². The first-order valence-corrected chi connectivity index (χ1v) is 4.79. The van der Waals surface area contributed by atoms with Crippen molar-refractivity contribution in [2.75, 3.05) is 6.61 Å². The van der Waals surface area contributed by atoms with E-state index in [-0.39, 0.29) is 11.3 Å². The first kappa shape index (κ1) is 10.6. The molecule has 1 heterocycles. The Bertz CT molecular complexity index is 430. The standard InChI is InChI=1S/C11H9FO4/c12-8-1-2-9(7(5-8)6-13)16-10-3-4-15-11(10)14/h1-2,5-6,10H,3-4H2. The lowest BCUT2D eigenvalue weighted by Crippen LogP contribution is -2.22. The number of esters is 1. The highest BCUT2D eigenvalue weighted by atomic mass is 19.1. The Morgan fingerprint density at radius 3 is 2.94 bits per heavy atom. The van der Waals surface area contributed by atoms with E-state index in [1.54, 1.807) is 0 Å². The summed E-state index contributed by atoms with van der Waals surface area (Å²) in [7, 11) is 0. The predicted molar refractivity (Wildman–Crippen MR) is 51.8 cm³/mol. The Morgan fingerprint density at radius 2 is 2.31 bits per heavy atom. The molecule has 1 aromatic carbocycles. The maximum atomic E-state index is 12.8. The van der Waals surface area contributed by atoms with Crippen molar-refractivity contribution in [3.63, 3.8) is 0 Å². The molecule has 1 aliphatic heterocycles. The molecule has 84 valence electrons. The number of ether oxygens (including phenoxy) is 2. The van der Waals surface area contributed by atoms with Crippen LogP contribution in [0.3, 0.4) is 0 Å². The number of carbonyl (C=O) groups excluding carboxylic acids is 2. The highest BCUT2D eigenvalue weighted by molar-refractivity contribution is 5.80. The van der Waals surface area contributed by atoms with E-state index in [2.05, 4.69) is 0 Å². The van der Waals surface area contributed by atoms with E-state index in [4.69, 9.17) is 9.47 Å². The highest BCUT2D eigenvalue weighted by Crippen LogP contribution is 2.22. The van der Waals surface area contributed by atoms with Gasteiger partial charge < -0.3 is 9.47 Å². The molecular weight excluding hydrogens is 215 g/mol. The van der Waals surface area contributed by atoms with Crippen LogP contribution in [0, 0.1) is 5.82 Å². The van der Waals surface area contributed by atoms with Gasteiger partial charge >= 0.3 is 5.97 Å². The molecule has 1 unspecified atom stereocenters. The van der Waals surface area contributed by atoms with Crippen LogP contribution >= 0.6 is 0 Å². The van der Waals surface area contributed by atoms with Gasteiger partial charge in [0.1, 0.15) is 11.6 Å². The van der Waals surface area contributed by atoms with Crippen LogP contribution in [0.1, 0.15) is 16.8 Å². The molecule has 0 bridgehead atoms. The number of halogens is 1. The van der Waals surface area contributed by atoms with Gasteiger partial charge in [0.2, 0.25) is 0 Å². The third-order valence-electron chi connectivity index (χ3n) is 2.26. The van der Waals surface area contributed by atoms with Gasteiger partial charge in [0.25, 0.3) is 0 Å². The van der Waals surface area contributed by atoms with Crippen LogP contribution in [0.5, 0.6) is 5.75 Å². The van der Waals surface area contributed by atoms with Crippen LogP contribution in [0.15, 0.2) is 18.2 Å². The summed E-state index contributed by atoms with van der Waals surface area (Å²) in [5, 5.41) is 0. The Hall–Kier alpha value is -1.91. The first-order valence-electron chi connectivity index (χ1n) is 4.79. The van der Waals surface area contributed by atoms with Crippen LogP contribution in [0.4, 0.5) is 4.39 Å². The summed E-state index contributed by atoms with van der Waals surface area (Å²) >= 11 is 0. The van der Waals surface area contributed by atoms with Gasteiger partial charge in [-0.1, -0.05) is 0 Å². The number of hydrogen-bond donors (Lipinski definition) is 0. The first-order chi connectivity index (χ1) is 7.70. The van der Waals surface area contributed by atoms with Gasteiger partial charge in [0.05, 0.1) is 12.2 Å². The van der Waals surface area contributed by atoms with Crippen LogP contribution < -0.4 is 4.74 Å². The number of benzene rings is 1. The van der Waals surface area contributed by atoms with E-state index >= 15 is 0 Å². The van der Waals surface area contributed by atoms with Crippen molar-refractivity contribution in [3.05, 3.63) is 29.6 Å². The molecule has 0 radical (unpaired) electrons. The molecule has 1 fully saturated rings. The Labute approximate surface area is 91.0 Å². The molecule has 0 N–H and O–H groups in total. The SMILES string of the molecule is O=Cc1cc(F)ccc1OC1CCOC1=O. The third kappa shape index (κ3) is 2.03. The fraction of sp³-hybridized carbons (Fsp3) is 0.273. The molecule has 16 heavy (non-hydrogen) atoms. The molecule has 1 saturated heterocycles. The molecule has 1 aromatic rings. The highest BCUT2D eigenvalue weighted by Gasteiger charge is 2.29. The molecule has 0 spiro atoms. The van der Waals surface area contributed by atoms with Gasteiger partial charge in [-0.2, -0.15) is 0 Å². The quantitative estimate of drug-likeness (QED) is 0.574. The van der Waals surface area contributed by atoms with Crippen molar-refractivity contribution in [1.29, 1.82) is 0 Å².